The highest BCUT2D eigenvalue weighted by Gasteiger charge is 2.19. The van der Waals surface area contributed by atoms with E-state index in [1.165, 1.54) is 128 Å². The van der Waals surface area contributed by atoms with E-state index in [9.17, 15) is 14.4 Å². The van der Waals surface area contributed by atoms with Gasteiger partial charge in [-0.2, -0.15) is 0 Å². The molecule has 0 fully saturated rings. The highest BCUT2D eigenvalue weighted by atomic mass is 16.6. The minimum Gasteiger partial charge on any atom is -0.462 e. The van der Waals surface area contributed by atoms with Crippen LogP contribution in [0.3, 0.4) is 0 Å². The van der Waals surface area contributed by atoms with E-state index in [0.717, 1.165) is 103 Å². The standard InChI is InChI=1S/C65H110O6/c1-4-7-10-13-16-19-22-25-28-30-32-34-35-37-40-43-46-49-52-55-58-64(67)70-61-62(60-69-63(66)57-54-51-48-45-42-39-27-24-21-18-15-12-9-6-3)71-65(68)59-56-53-50-47-44-41-38-36-33-31-29-26-23-20-17-14-11-8-5-2/h8,11,15,17-18,20,24,26-27,29,33,36,41,44,50,53,62H,4-7,9-10,12-14,16,19,21-23,25,28,30-32,34-35,37-40,42-43,45-49,51-52,54-61H2,1-3H3/b11-8-,18-15-,20-17-,27-24-,29-26-,36-33-,44-41-,53-50-. The number of esters is 3. The lowest BCUT2D eigenvalue weighted by Gasteiger charge is -2.18. The van der Waals surface area contributed by atoms with Gasteiger partial charge in [0.05, 0.1) is 0 Å². The van der Waals surface area contributed by atoms with Crippen LogP contribution in [0.4, 0.5) is 0 Å². The van der Waals surface area contributed by atoms with Crippen molar-refractivity contribution in [2.45, 2.75) is 284 Å². The molecule has 1 atom stereocenters. The molecule has 0 aliphatic rings. The van der Waals surface area contributed by atoms with Gasteiger partial charge in [0, 0.05) is 19.3 Å². The molecule has 0 saturated carbocycles. The Morgan fingerprint density at radius 3 is 0.958 bits per heavy atom. The van der Waals surface area contributed by atoms with E-state index in [0.29, 0.717) is 19.3 Å². The lowest BCUT2D eigenvalue weighted by atomic mass is 10.0. The largest absolute Gasteiger partial charge is 0.462 e. The van der Waals surface area contributed by atoms with Gasteiger partial charge in [-0.05, 0) is 83.5 Å². The van der Waals surface area contributed by atoms with Gasteiger partial charge in [0.2, 0.25) is 0 Å². The Morgan fingerprint density at radius 1 is 0.296 bits per heavy atom. The average molecular weight is 988 g/mol. The first kappa shape index (κ1) is 67.3. The smallest absolute Gasteiger partial charge is 0.306 e. The molecule has 1 unspecified atom stereocenters. The molecule has 0 radical (unpaired) electrons. The highest BCUT2D eigenvalue weighted by Crippen LogP contribution is 2.16. The lowest BCUT2D eigenvalue weighted by molar-refractivity contribution is -0.166. The number of allylic oxidation sites excluding steroid dienone is 16. The highest BCUT2D eigenvalue weighted by molar-refractivity contribution is 5.71. The Balaban J connectivity index is 4.47. The number of rotatable bonds is 53. The first-order chi connectivity index (χ1) is 35.0. The SMILES string of the molecule is CC/C=C\C/C=C\C/C=C\C/C=C\C/C=C\C/C=C\CCC(=O)OC(COC(=O)CCCCCCC/C=C\C/C=C\CCCC)COC(=O)CCCCCCCCCCCCCCCCCCCCCC. The van der Waals surface area contributed by atoms with Crippen LogP contribution >= 0.6 is 0 Å². The van der Waals surface area contributed by atoms with E-state index in [2.05, 4.69) is 112 Å². The van der Waals surface area contributed by atoms with Crippen LogP contribution in [0.1, 0.15) is 278 Å². The lowest BCUT2D eigenvalue weighted by Crippen LogP contribution is -2.30. The summed E-state index contributed by atoms with van der Waals surface area (Å²) in [5.41, 5.74) is 0. The zero-order valence-electron chi connectivity index (χ0n) is 46.5. The van der Waals surface area contributed by atoms with Gasteiger partial charge in [-0.15, -0.1) is 0 Å². The van der Waals surface area contributed by atoms with Gasteiger partial charge in [-0.25, -0.2) is 0 Å². The molecule has 0 bridgehead atoms. The molecule has 0 N–H and O–H groups in total. The van der Waals surface area contributed by atoms with Crippen molar-refractivity contribution in [2.75, 3.05) is 13.2 Å². The van der Waals surface area contributed by atoms with E-state index >= 15 is 0 Å². The number of ether oxygens (including phenoxy) is 3. The van der Waals surface area contributed by atoms with Crippen molar-refractivity contribution in [1.29, 1.82) is 0 Å². The first-order valence-electron chi connectivity index (χ1n) is 29.7. The van der Waals surface area contributed by atoms with E-state index in [-0.39, 0.29) is 31.6 Å². The van der Waals surface area contributed by atoms with E-state index in [1.807, 2.05) is 6.08 Å². The van der Waals surface area contributed by atoms with E-state index < -0.39 is 12.1 Å². The number of unbranched alkanes of at least 4 members (excludes halogenated alkanes) is 26. The minimum atomic E-state index is -0.824. The second-order valence-electron chi connectivity index (χ2n) is 19.5. The molecule has 6 heteroatoms. The number of carbonyl (C=O) groups is 3. The third-order valence-electron chi connectivity index (χ3n) is 12.6. The van der Waals surface area contributed by atoms with Gasteiger partial charge < -0.3 is 14.2 Å². The molecule has 0 aromatic carbocycles. The number of hydrogen-bond donors (Lipinski definition) is 0. The fraction of sp³-hybridized carbons (Fsp3) is 0.708. The predicted octanol–water partition coefficient (Wildman–Crippen LogP) is 20.1. The summed E-state index contributed by atoms with van der Waals surface area (Å²) in [6.07, 6.45) is 78.4. The molecular weight excluding hydrogens is 877 g/mol. The Hall–Kier alpha value is -3.67. The molecular formula is C65H110O6. The summed E-state index contributed by atoms with van der Waals surface area (Å²) in [7, 11) is 0. The Kier molecular flexibility index (Phi) is 55.9. The minimum absolute atomic E-state index is 0.111. The van der Waals surface area contributed by atoms with Crippen LogP contribution < -0.4 is 0 Å². The fourth-order valence-corrected chi connectivity index (χ4v) is 8.13. The monoisotopic (exact) mass is 987 g/mol. The molecule has 0 saturated heterocycles. The van der Waals surface area contributed by atoms with Gasteiger partial charge in [0.1, 0.15) is 13.2 Å². The van der Waals surface area contributed by atoms with Crippen molar-refractivity contribution in [2.24, 2.45) is 0 Å². The molecule has 0 amide bonds. The number of carbonyl (C=O) groups excluding carboxylic acids is 3. The summed E-state index contributed by atoms with van der Waals surface area (Å²) in [6.45, 7) is 6.43. The molecule has 0 aromatic heterocycles. The van der Waals surface area contributed by atoms with Crippen LogP contribution in [-0.2, 0) is 28.6 Å². The summed E-state index contributed by atoms with van der Waals surface area (Å²) in [6, 6.07) is 0. The van der Waals surface area contributed by atoms with Gasteiger partial charge in [0.25, 0.3) is 0 Å². The third-order valence-corrected chi connectivity index (χ3v) is 12.6. The predicted molar refractivity (Wildman–Crippen MR) is 307 cm³/mol. The molecule has 0 heterocycles. The van der Waals surface area contributed by atoms with Gasteiger partial charge in [-0.1, -0.05) is 272 Å². The molecule has 0 rings (SSSR count). The zero-order valence-corrected chi connectivity index (χ0v) is 46.5. The van der Waals surface area contributed by atoms with E-state index in [1.54, 1.807) is 0 Å². The molecule has 0 aliphatic carbocycles. The van der Waals surface area contributed by atoms with Crippen LogP contribution in [0.15, 0.2) is 97.2 Å². The van der Waals surface area contributed by atoms with Crippen molar-refractivity contribution in [3.63, 3.8) is 0 Å². The second kappa shape index (κ2) is 58.9. The maximum absolute atomic E-state index is 12.8. The number of hydrogen-bond acceptors (Lipinski definition) is 6. The summed E-state index contributed by atoms with van der Waals surface area (Å²) in [5.74, 6) is -1.00. The Morgan fingerprint density at radius 2 is 0.592 bits per heavy atom. The normalized spacial score (nSPS) is 12.8. The van der Waals surface area contributed by atoms with Crippen LogP contribution in [0.2, 0.25) is 0 Å². The third kappa shape index (κ3) is 57.1. The molecule has 0 spiro atoms. The average Bonchev–Trinajstić information content (AvgIpc) is 3.37. The van der Waals surface area contributed by atoms with Gasteiger partial charge in [-0.3, -0.25) is 14.4 Å². The molecule has 71 heavy (non-hydrogen) atoms. The van der Waals surface area contributed by atoms with E-state index in [4.69, 9.17) is 14.2 Å². The van der Waals surface area contributed by atoms with Crippen molar-refractivity contribution >= 4 is 17.9 Å². The van der Waals surface area contributed by atoms with Crippen molar-refractivity contribution < 1.29 is 28.6 Å². The first-order valence-corrected chi connectivity index (χ1v) is 29.7. The Labute approximate surface area is 438 Å². The van der Waals surface area contributed by atoms with Crippen LogP contribution in [-0.4, -0.2) is 37.2 Å². The second-order valence-corrected chi connectivity index (χ2v) is 19.5. The molecule has 0 aromatic rings. The van der Waals surface area contributed by atoms with Crippen LogP contribution in [0, 0.1) is 0 Å². The van der Waals surface area contributed by atoms with Gasteiger partial charge in [0.15, 0.2) is 6.10 Å². The maximum Gasteiger partial charge on any atom is 0.306 e. The van der Waals surface area contributed by atoms with Crippen LogP contribution in [0.5, 0.6) is 0 Å². The molecule has 0 aliphatic heterocycles. The summed E-state index contributed by atoms with van der Waals surface area (Å²) in [5, 5.41) is 0. The molecule has 406 valence electrons. The maximum atomic E-state index is 12.8. The van der Waals surface area contributed by atoms with Crippen molar-refractivity contribution in [1.82, 2.24) is 0 Å². The van der Waals surface area contributed by atoms with Crippen molar-refractivity contribution in [3.8, 4) is 0 Å². The summed E-state index contributed by atoms with van der Waals surface area (Å²) in [4.78, 5) is 38.2. The Bertz CT molecular complexity index is 1410. The summed E-state index contributed by atoms with van der Waals surface area (Å²) < 4.78 is 16.8. The quantitative estimate of drug-likeness (QED) is 0.0261. The van der Waals surface area contributed by atoms with Crippen molar-refractivity contribution in [3.05, 3.63) is 97.2 Å². The van der Waals surface area contributed by atoms with Crippen LogP contribution in [0.25, 0.3) is 0 Å². The zero-order chi connectivity index (χ0) is 51.4. The fourth-order valence-electron chi connectivity index (χ4n) is 8.13. The molecule has 6 nitrogen and oxygen atoms in total. The topological polar surface area (TPSA) is 78.9 Å². The van der Waals surface area contributed by atoms with Gasteiger partial charge >= 0.3 is 17.9 Å². The summed E-state index contributed by atoms with van der Waals surface area (Å²) >= 11 is 0.